The van der Waals surface area contributed by atoms with Crippen LogP contribution in [0.2, 0.25) is 0 Å². The van der Waals surface area contributed by atoms with Gasteiger partial charge in [-0.15, -0.1) is 0 Å². The third-order valence-corrected chi connectivity index (χ3v) is 8.21. The monoisotopic (exact) mass is 473 g/mol. The summed E-state index contributed by atoms with van der Waals surface area (Å²) in [6.45, 7) is 4.27. The fourth-order valence-electron chi connectivity index (χ4n) is 4.37. The van der Waals surface area contributed by atoms with Crippen LogP contribution >= 0.6 is 0 Å². The molecule has 0 aliphatic carbocycles. The van der Waals surface area contributed by atoms with E-state index in [1.54, 1.807) is 6.20 Å². The molecule has 0 unspecified atom stereocenters. The van der Waals surface area contributed by atoms with E-state index in [1.807, 2.05) is 23.2 Å². The lowest BCUT2D eigenvalue weighted by molar-refractivity contribution is -0.384. The Kier molecular flexibility index (Phi) is 7.01. The zero-order chi connectivity index (χ0) is 23.4. The Labute approximate surface area is 193 Å². The Bertz CT molecular complexity index is 1080. The van der Waals surface area contributed by atoms with Crippen molar-refractivity contribution in [1.29, 1.82) is 0 Å². The summed E-state index contributed by atoms with van der Waals surface area (Å²) in [6.07, 6.45) is 4.56. The minimum Gasteiger partial charge on any atom is -0.340 e. The molecule has 1 amide bonds. The van der Waals surface area contributed by atoms with Crippen LogP contribution in [0.15, 0.2) is 53.7 Å². The third-order valence-electron chi connectivity index (χ3n) is 6.30. The van der Waals surface area contributed by atoms with Gasteiger partial charge in [0.1, 0.15) is 0 Å². The number of nitro benzene ring substituents is 1. The maximum Gasteiger partial charge on any atom is 0.269 e. The van der Waals surface area contributed by atoms with Crippen LogP contribution < -0.4 is 0 Å². The summed E-state index contributed by atoms with van der Waals surface area (Å²) in [5, 5.41) is 10.8. The Morgan fingerprint density at radius 3 is 2.27 bits per heavy atom. The number of nitro groups is 1. The number of nitrogens with zero attached hydrogens (tertiary/aromatic N) is 5. The first-order valence-electron chi connectivity index (χ1n) is 11.0. The quantitative estimate of drug-likeness (QED) is 0.463. The highest BCUT2D eigenvalue weighted by atomic mass is 32.2. The van der Waals surface area contributed by atoms with E-state index in [-0.39, 0.29) is 35.5 Å². The fraction of sp³-hybridized carbons (Fsp3) is 0.455. The average Bonchev–Trinajstić information content (AvgIpc) is 2.85. The molecule has 2 saturated heterocycles. The van der Waals surface area contributed by atoms with Gasteiger partial charge in [0.05, 0.1) is 9.82 Å². The minimum absolute atomic E-state index is 0.0302. The summed E-state index contributed by atoms with van der Waals surface area (Å²) < 4.78 is 27.1. The molecule has 2 aliphatic heterocycles. The van der Waals surface area contributed by atoms with Crippen LogP contribution in [0.3, 0.4) is 0 Å². The molecule has 0 bridgehead atoms. The summed E-state index contributed by atoms with van der Waals surface area (Å²) in [5.41, 5.74) is 0.998. The first kappa shape index (κ1) is 23.3. The van der Waals surface area contributed by atoms with Crippen LogP contribution in [0.1, 0.15) is 18.4 Å². The first-order chi connectivity index (χ1) is 15.8. The van der Waals surface area contributed by atoms with Crippen LogP contribution in [-0.2, 0) is 21.4 Å². The first-order valence-corrected chi connectivity index (χ1v) is 12.4. The van der Waals surface area contributed by atoms with E-state index in [9.17, 15) is 23.3 Å². The Hall–Kier alpha value is -2.89. The van der Waals surface area contributed by atoms with E-state index < -0.39 is 14.9 Å². The lowest BCUT2D eigenvalue weighted by Gasteiger charge is -2.38. The minimum atomic E-state index is -3.74. The van der Waals surface area contributed by atoms with Gasteiger partial charge in [-0.2, -0.15) is 4.31 Å². The van der Waals surface area contributed by atoms with Crippen LogP contribution in [0.4, 0.5) is 5.69 Å². The van der Waals surface area contributed by atoms with Crippen molar-refractivity contribution in [3.8, 4) is 0 Å². The van der Waals surface area contributed by atoms with Crippen molar-refractivity contribution < 1.29 is 18.1 Å². The molecule has 0 radical (unpaired) electrons. The molecule has 10 nitrogen and oxygen atoms in total. The van der Waals surface area contributed by atoms with E-state index >= 15 is 0 Å². The molecule has 176 valence electrons. The smallest absolute Gasteiger partial charge is 0.269 e. The van der Waals surface area contributed by atoms with E-state index in [4.69, 9.17) is 0 Å². The number of piperidine rings is 1. The number of carbonyl (C=O) groups excluding carboxylic acids is 1. The van der Waals surface area contributed by atoms with Crippen molar-refractivity contribution in [1.82, 2.24) is 19.1 Å². The molecule has 33 heavy (non-hydrogen) atoms. The normalized spacial score (nSPS) is 18.8. The lowest BCUT2D eigenvalue weighted by atomic mass is 9.96. The zero-order valence-corrected chi connectivity index (χ0v) is 19.1. The maximum atomic E-state index is 13.0. The van der Waals surface area contributed by atoms with E-state index in [1.165, 1.54) is 28.6 Å². The second-order valence-electron chi connectivity index (χ2n) is 8.39. The van der Waals surface area contributed by atoms with Crippen molar-refractivity contribution >= 4 is 21.6 Å². The SMILES string of the molecule is O=C(C1CCN(S(=O)(=O)c2ccc([N+](=O)[O-])cc2)CC1)N1CCN(Cc2cccnc2)CC1. The highest BCUT2D eigenvalue weighted by Gasteiger charge is 2.34. The Morgan fingerprint density at radius 2 is 1.70 bits per heavy atom. The maximum absolute atomic E-state index is 13.0. The standard InChI is InChI=1S/C22H27N5O5S/c28-22(25-14-12-24(13-15-25)17-18-2-1-9-23-16-18)19-7-10-26(11-8-19)33(31,32)21-5-3-20(4-6-21)27(29)30/h1-6,9,16,19H,7-8,10-15,17H2. The van der Waals surface area contributed by atoms with Crippen LogP contribution in [0, 0.1) is 16.0 Å². The van der Waals surface area contributed by atoms with E-state index in [0.29, 0.717) is 25.9 Å². The molecular weight excluding hydrogens is 446 g/mol. The molecule has 2 fully saturated rings. The van der Waals surface area contributed by atoms with Crippen LogP contribution in [-0.4, -0.2) is 77.6 Å². The molecule has 1 aromatic carbocycles. The topological polar surface area (TPSA) is 117 Å². The van der Waals surface area contributed by atoms with Crippen LogP contribution in [0.5, 0.6) is 0 Å². The number of pyridine rings is 1. The second-order valence-corrected chi connectivity index (χ2v) is 10.3. The Balaban J connectivity index is 1.28. The van der Waals surface area contributed by atoms with Gasteiger partial charge in [0.25, 0.3) is 5.69 Å². The molecule has 1 aromatic heterocycles. The van der Waals surface area contributed by atoms with Crippen molar-refractivity contribution in [3.05, 3.63) is 64.5 Å². The lowest BCUT2D eigenvalue weighted by Crippen LogP contribution is -2.51. The summed E-state index contributed by atoms with van der Waals surface area (Å²) in [4.78, 5) is 31.6. The molecule has 11 heteroatoms. The summed E-state index contributed by atoms with van der Waals surface area (Å²) in [5.74, 6) is -0.0819. The van der Waals surface area contributed by atoms with Gasteiger partial charge in [-0.25, -0.2) is 8.42 Å². The number of aromatic nitrogens is 1. The molecule has 3 heterocycles. The number of amides is 1. The summed E-state index contributed by atoms with van der Waals surface area (Å²) in [7, 11) is -3.74. The van der Waals surface area contributed by atoms with Crippen LogP contribution in [0.25, 0.3) is 0 Å². The van der Waals surface area contributed by atoms with Gasteiger partial charge >= 0.3 is 0 Å². The van der Waals surface area contributed by atoms with Gasteiger partial charge in [-0.3, -0.25) is 24.8 Å². The van der Waals surface area contributed by atoms with Gasteiger partial charge < -0.3 is 4.90 Å². The number of piperazine rings is 1. The van der Waals surface area contributed by atoms with E-state index in [2.05, 4.69) is 9.88 Å². The van der Waals surface area contributed by atoms with E-state index in [0.717, 1.165) is 25.2 Å². The van der Waals surface area contributed by atoms with Gasteiger partial charge in [-0.05, 0) is 36.6 Å². The number of hydrogen-bond donors (Lipinski definition) is 0. The Morgan fingerprint density at radius 1 is 1.03 bits per heavy atom. The second kappa shape index (κ2) is 9.94. The number of non-ortho nitro benzene ring substituents is 1. The van der Waals surface area contributed by atoms with Gasteiger partial charge in [0, 0.05) is 76.3 Å². The number of rotatable bonds is 6. The number of carbonyl (C=O) groups is 1. The van der Waals surface area contributed by atoms with Crippen molar-refractivity contribution in [3.63, 3.8) is 0 Å². The largest absolute Gasteiger partial charge is 0.340 e. The summed E-state index contributed by atoms with van der Waals surface area (Å²) in [6, 6.07) is 8.87. The van der Waals surface area contributed by atoms with Crippen molar-refractivity contribution in [2.24, 2.45) is 5.92 Å². The fourth-order valence-corrected chi connectivity index (χ4v) is 5.84. The zero-order valence-electron chi connectivity index (χ0n) is 18.2. The highest BCUT2D eigenvalue weighted by Crippen LogP contribution is 2.26. The number of sulfonamides is 1. The molecule has 0 N–H and O–H groups in total. The average molecular weight is 474 g/mol. The van der Waals surface area contributed by atoms with Gasteiger partial charge in [0.15, 0.2) is 0 Å². The molecule has 0 spiro atoms. The predicted octanol–water partition coefficient (Wildman–Crippen LogP) is 1.73. The van der Waals surface area contributed by atoms with Gasteiger partial charge in [0.2, 0.25) is 15.9 Å². The molecule has 4 rings (SSSR count). The van der Waals surface area contributed by atoms with Crippen molar-refractivity contribution in [2.45, 2.75) is 24.3 Å². The molecule has 2 aromatic rings. The summed E-state index contributed by atoms with van der Waals surface area (Å²) >= 11 is 0. The highest BCUT2D eigenvalue weighted by molar-refractivity contribution is 7.89. The number of hydrogen-bond acceptors (Lipinski definition) is 7. The third kappa shape index (κ3) is 5.37. The van der Waals surface area contributed by atoms with Gasteiger partial charge in [-0.1, -0.05) is 6.07 Å². The molecule has 2 aliphatic rings. The van der Waals surface area contributed by atoms with Crippen molar-refractivity contribution in [2.75, 3.05) is 39.3 Å². The predicted molar refractivity (Wildman–Crippen MR) is 121 cm³/mol. The molecular formula is C22H27N5O5S. The molecule has 0 atom stereocenters. The number of benzene rings is 1. The molecule has 0 saturated carbocycles.